The Morgan fingerprint density at radius 2 is 2.13 bits per heavy atom. The van der Waals surface area contributed by atoms with E-state index >= 15 is 0 Å². The highest BCUT2D eigenvalue weighted by Crippen LogP contribution is 2.47. The zero-order valence-electron chi connectivity index (χ0n) is 9.88. The average Bonchev–Trinajstić information content (AvgIpc) is 2.71. The summed E-state index contributed by atoms with van der Waals surface area (Å²) in [4.78, 5) is 11.7. The van der Waals surface area contributed by atoms with Gasteiger partial charge in [-0.2, -0.15) is 0 Å². The van der Waals surface area contributed by atoms with Crippen molar-refractivity contribution in [2.24, 2.45) is 17.8 Å². The van der Waals surface area contributed by atoms with Crippen molar-refractivity contribution in [2.75, 3.05) is 13.1 Å². The first-order valence-electron chi connectivity index (χ1n) is 5.91. The molecule has 1 heterocycles. The highest BCUT2D eigenvalue weighted by Gasteiger charge is 2.49. The Kier molecular flexibility index (Phi) is 2.75. The molecular formula is C12H21NO2. The summed E-state index contributed by atoms with van der Waals surface area (Å²) in [6, 6.07) is 0. The quantitative estimate of drug-likeness (QED) is 0.705. The smallest absolute Gasteiger partial charge is 0.309 e. The van der Waals surface area contributed by atoms with Crippen LogP contribution in [0.15, 0.2) is 0 Å². The fraction of sp³-hybridized carbons (Fsp3) is 0.917. The Morgan fingerprint density at radius 1 is 1.40 bits per heavy atom. The summed E-state index contributed by atoms with van der Waals surface area (Å²) >= 11 is 0. The number of nitrogens with one attached hydrogen (secondary N) is 1. The molecule has 0 bridgehead atoms. The van der Waals surface area contributed by atoms with Crippen LogP contribution in [-0.4, -0.2) is 24.7 Å². The second-order valence-electron chi connectivity index (χ2n) is 5.79. The van der Waals surface area contributed by atoms with Gasteiger partial charge in [-0.1, -0.05) is 0 Å². The summed E-state index contributed by atoms with van der Waals surface area (Å²) in [5, 5.41) is 3.35. The van der Waals surface area contributed by atoms with E-state index in [2.05, 4.69) is 5.32 Å². The summed E-state index contributed by atoms with van der Waals surface area (Å²) < 4.78 is 5.39. The lowest BCUT2D eigenvalue weighted by atomic mass is 10.0. The second kappa shape index (κ2) is 3.78. The average molecular weight is 211 g/mol. The Balaban J connectivity index is 1.80. The van der Waals surface area contributed by atoms with Crippen LogP contribution >= 0.6 is 0 Å². The van der Waals surface area contributed by atoms with Gasteiger partial charge in [-0.3, -0.25) is 4.79 Å². The molecule has 2 aliphatic rings. The molecule has 1 unspecified atom stereocenters. The van der Waals surface area contributed by atoms with Crippen LogP contribution in [0.25, 0.3) is 0 Å². The number of hydrogen-bond donors (Lipinski definition) is 1. The van der Waals surface area contributed by atoms with E-state index in [1.807, 2.05) is 20.8 Å². The molecule has 86 valence electrons. The molecule has 15 heavy (non-hydrogen) atoms. The van der Waals surface area contributed by atoms with Gasteiger partial charge in [0.25, 0.3) is 0 Å². The minimum absolute atomic E-state index is 0.0133. The summed E-state index contributed by atoms with van der Waals surface area (Å²) in [5.41, 5.74) is -0.335. The molecule has 0 radical (unpaired) electrons. The molecule has 1 aliphatic heterocycles. The van der Waals surface area contributed by atoms with Crippen LogP contribution < -0.4 is 5.32 Å². The van der Waals surface area contributed by atoms with Crippen molar-refractivity contribution < 1.29 is 9.53 Å². The van der Waals surface area contributed by atoms with E-state index in [-0.39, 0.29) is 17.5 Å². The molecule has 3 heteroatoms. The number of carbonyl (C=O) groups is 1. The van der Waals surface area contributed by atoms with Gasteiger partial charge in [-0.15, -0.1) is 0 Å². The third-order valence-corrected chi connectivity index (χ3v) is 3.25. The van der Waals surface area contributed by atoms with Crippen molar-refractivity contribution >= 4 is 5.97 Å². The first kappa shape index (κ1) is 10.9. The van der Waals surface area contributed by atoms with Crippen LogP contribution in [0.5, 0.6) is 0 Å². The van der Waals surface area contributed by atoms with Crippen LogP contribution in [0.4, 0.5) is 0 Å². The molecule has 0 aromatic heterocycles. The number of ether oxygens (including phenoxy) is 1. The van der Waals surface area contributed by atoms with Crippen LogP contribution in [0, 0.1) is 17.8 Å². The Morgan fingerprint density at radius 3 is 2.67 bits per heavy atom. The van der Waals surface area contributed by atoms with Crippen molar-refractivity contribution in [1.29, 1.82) is 0 Å². The monoisotopic (exact) mass is 211 g/mol. The topological polar surface area (TPSA) is 38.3 Å². The van der Waals surface area contributed by atoms with Crippen LogP contribution in [-0.2, 0) is 9.53 Å². The van der Waals surface area contributed by atoms with E-state index < -0.39 is 0 Å². The lowest BCUT2D eigenvalue weighted by Crippen LogP contribution is -2.25. The highest BCUT2D eigenvalue weighted by atomic mass is 16.6. The SMILES string of the molecule is CC(C)(C)OC(=O)[C@H]1C[C@H]1C1CCNC1. The molecule has 1 aliphatic carbocycles. The first-order valence-corrected chi connectivity index (χ1v) is 5.91. The Bertz CT molecular complexity index is 251. The van der Waals surface area contributed by atoms with E-state index in [1.54, 1.807) is 0 Å². The second-order valence-corrected chi connectivity index (χ2v) is 5.79. The minimum Gasteiger partial charge on any atom is -0.460 e. The largest absolute Gasteiger partial charge is 0.460 e. The van der Waals surface area contributed by atoms with E-state index in [0.717, 1.165) is 19.5 Å². The molecule has 0 amide bonds. The molecule has 0 spiro atoms. The van der Waals surface area contributed by atoms with Crippen molar-refractivity contribution in [3.05, 3.63) is 0 Å². The molecule has 0 aromatic rings. The predicted octanol–water partition coefficient (Wildman–Crippen LogP) is 1.57. The summed E-state index contributed by atoms with van der Waals surface area (Å²) in [6.45, 7) is 7.99. The lowest BCUT2D eigenvalue weighted by Gasteiger charge is -2.19. The maximum atomic E-state index is 11.7. The molecule has 0 aromatic carbocycles. The zero-order chi connectivity index (χ0) is 11.1. The van der Waals surface area contributed by atoms with Crippen molar-refractivity contribution in [2.45, 2.75) is 39.2 Å². The molecular weight excluding hydrogens is 190 g/mol. The molecule has 1 saturated carbocycles. The summed E-state index contributed by atoms with van der Waals surface area (Å²) in [6.07, 6.45) is 2.27. The lowest BCUT2D eigenvalue weighted by molar-refractivity contribution is -0.157. The summed E-state index contributed by atoms with van der Waals surface area (Å²) in [7, 11) is 0. The maximum absolute atomic E-state index is 11.7. The van der Waals surface area contributed by atoms with Crippen molar-refractivity contribution in [3.8, 4) is 0 Å². The van der Waals surface area contributed by atoms with Crippen molar-refractivity contribution in [1.82, 2.24) is 5.32 Å². The molecule has 3 nitrogen and oxygen atoms in total. The van der Waals surface area contributed by atoms with Crippen LogP contribution in [0.2, 0.25) is 0 Å². The van der Waals surface area contributed by atoms with E-state index in [1.165, 1.54) is 6.42 Å². The predicted molar refractivity (Wildman–Crippen MR) is 58.4 cm³/mol. The fourth-order valence-corrected chi connectivity index (χ4v) is 2.43. The number of esters is 1. The van der Waals surface area contributed by atoms with Gasteiger partial charge in [0.2, 0.25) is 0 Å². The van der Waals surface area contributed by atoms with E-state index in [4.69, 9.17) is 4.74 Å². The zero-order valence-corrected chi connectivity index (χ0v) is 9.88. The molecule has 2 fully saturated rings. The van der Waals surface area contributed by atoms with E-state index in [9.17, 15) is 4.79 Å². The number of hydrogen-bond acceptors (Lipinski definition) is 3. The number of carbonyl (C=O) groups excluding carboxylic acids is 1. The highest BCUT2D eigenvalue weighted by molar-refractivity contribution is 5.76. The van der Waals surface area contributed by atoms with E-state index in [0.29, 0.717) is 11.8 Å². The van der Waals surface area contributed by atoms with Gasteiger partial charge < -0.3 is 10.1 Å². The van der Waals surface area contributed by atoms with Gasteiger partial charge in [0.15, 0.2) is 0 Å². The van der Waals surface area contributed by atoms with Gasteiger partial charge in [-0.25, -0.2) is 0 Å². The molecule has 2 rings (SSSR count). The fourth-order valence-electron chi connectivity index (χ4n) is 2.43. The van der Waals surface area contributed by atoms with Crippen LogP contribution in [0.1, 0.15) is 33.6 Å². The number of rotatable bonds is 2. The maximum Gasteiger partial charge on any atom is 0.309 e. The third-order valence-electron chi connectivity index (χ3n) is 3.25. The molecule has 1 saturated heterocycles. The first-order chi connectivity index (χ1) is 6.97. The minimum atomic E-state index is -0.335. The standard InChI is InChI=1S/C12H21NO2/c1-12(2,3)15-11(14)10-6-9(10)8-4-5-13-7-8/h8-10,13H,4-7H2,1-3H3/t8?,9-,10-/m0/s1. The van der Waals surface area contributed by atoms with Crippen LogP contribution in [0.3, 0.4) is 0 Å². The molecule has 1 N–H and O–H groups in total. The molecule has 3 atom stereocenters. The Labute approximate surface area is 91.6 Å². The normalized spacial score (nSPS) is 35.3. The van der Waals surface area contributed by atoms with Gasteiger partial charge in [0, 0.05) is 0 Å². The van der Waals surface area contributed by atoms with Gasteiger partial charge >= 0.3 is 5.97 Å². The third kappa shape index (κ3) is 2.71. The van der Waals surface area contributed by atoms with Crippen molar-refractivity contribution in [3.63, 3.8) is 0 Å². The Hall–Kier alpha value is -0.570. The summed E-state index contributed by atoms with van der Waals surface area (Å²) in [5.74, 6) is 1.51. The van der Waals surface area contributed by atoms with Gasteiger partial charge in [0.1, 0.15) is 5.60 Å². The van der Waals surface area contributed by atoms with Gasteiger partial charge in [0.05, 0.1) is 5.92 Å². The van der Waals surface area contributed by atoms with Gasteiger partial charge in [-0.05, 0) is 58.5 Å².